The number of benzene rings is 1. The van der Waals surface area contributed by atoms with Crippen molar-refractivity contribution in [2.24, 2.45) is 10.7 Å². The Morgan fingerprint density at radius 2 is 2.03 bits per heavy atom. The lowest BCUT2D eigenvalue weighted by molar-refractivity contribution is 0.102. The van der Waals surface area contributed by atoms with Crippen LogP contribution in [0.2, 0.25) is 0 Å². The number of anilines is 1. The summed E-state index contributed by atoms with van der Waals surface area (Å²) < 4.78 is 30.0. The lowest BCUT2D eigenvalue weighted by Gasteiger charge is -2.43. The fraction of sp³-hybridized carbons (Fsp3) is 0.455. The summed E-state index contributed by atoms with van der Waals surface area (Å²) in [5.74, 6) is -0.0778. The highest BCUT2D eigenvalue weighted by Gasteiger charge is 2.51. The second-order valence-electron chi connectivity index (χ2n) is 8.82. The van der Waals surface area contributed by atoms with E-state index in [0.29, 0.717) is 23.7 Å². The van der Waals surface area contributed by atoms with Crippen molar-refractivity contribution in [1.82, 2.24) is 9.97 Å². The van der Waals surface area contributed by atoms with E-state index in [4.69, 9.17) is 15.5 Å². The molecule has 1 aliphatic heterocycles. The molecule has 2 aromatic rings. The van der Waals surface area contributed by atoms with Gasteiger partial charge in [-0.25, -0.2) is 18.4 Å². The third-order valence-electron chi connectivity index (χ3n) is 6.41. The van der Waals surface area contributed by atoms with E-state index in [-0.39, 0.29) is 17.3 Å². The molecule has 2 heterocycles. The normalized spacial score (nSPS) is 23.2. The van der Waals surface area contributed by atoms with Crippen molar-refractivity contribution in [3.63, 3.8) is 0 Å². The average molecular weight is 458 g/mol. The maximum absolute atomic E-state index is 13.1. The first kappa shape index (κ1) is 22.2. The predicted octanol–water partition coefficient (Wildman–Crippen LogP) is 2.14. The molecule has 0 unspecified atom stereocenters. The quantitative estimate of drug-likeness (QED) is 0.720. The van der Waals surface area contributed by atoms with Crippen LogP contribution < -0.4 is 15.8 Å². The second-order valence-corrected chi connectivity index (χ2v) is 11.4. The van der Waals surface area contributed by atoms with Crippen LogP contribution in [0.25, 0.3) is 0 Å². The van der Waals surface area contributed by atoms with Gasteiger partial charge < -0.3 is 15.8 Å². The van der Waals surface area contributed by atoms with E-state index in [9.17, 15) is 13.2 Å². The van der Waals surface area contributed by atoms with Gasteiger partial charge in [0.15, 0.2) is 9.84 Å². The highest BCUT2D eigenvalue weighted by Crippen LogP contribution is 2.45. The minimum atomic E-state index is -3.53. The van der Waals surface area contributed by atoms with E-state index in [1.807, 2.05) is 12.1 Å². The van der Waals surface area contributed by atoms with Crippen LogP contribution in [0.3, 0.4) is 0 Å². The van der Waals surface area contributed by atoms with Crippen LogP contribution in [0.5, 0.6) is 5.88 Å². The minimum Gasteiger partial charge on any atom is -0.480 e. The van der Waals surface area contributed by atoms with Crippen LogP contribution >= 0.6 is 0 Å². The Balaban J connectivity index is 1.72. The Morgan fingerprint density at radius 1 is 1.28 bits per heavy atom. The Labute approximate surface area is 187 Å². The number of amidine groups is 1. The molecule has 170 valence electrons. The number of fused-ring (bicyclic) bond motifs is 2. The number of nitrogens with two attached hydrogens (primary N) is 1. The van der Waals surface area contributed by atoms with Gasteiger partial charge in [0.2, 0.25) is 5.88 Å². The number of hydrogen-bond donors (Lipinski definition) is 2. The Morgan fingerprint density at radius 3 is 2.69 bits per heavy atom. The minimum absolute atomic E-state index is 0.110. The van der Waals surface area contributed by atoms with Crippen LogP contribution in [0.4, 0.5) is 5.69 Å². The molecule has 1 aliphatic carbocycles. The van der Waals surface area contributed by atoms with Crippen LogP contribution in [0, 0.1) is 6.92 Å². The number of methoxy groups -OCH3 is 1. The second kappa shape index (κ2) is 7.54. The number of carbonyl (C=O) groups is 1. The number of aromatic nitrogens is 2. The van der Waals surface area contributed by atoms with Gasteiger partial charge in [-0.3, -0.25) is 9.79 Å². The average Bonchev–Trinajstić information content (AvgIpc) is 2.72. The van der Waals surface area contributed by atoms with Gasteiger partial charge in [-0.05, 0) is 63.3 Å². The third-order valence-corrected chi connectivity index (χ3v) is 9.03. The van der Waals surface area contributed by atoms with Crippen LogP contribution in [0.15, 0.2) is 29.4 Å². The number of nitrogens with zero attached hydrogens (tertiary/aromatic N) is 3. The number of aryl methyl sites for hydroxylation is 2. The first-order valence-corrected chi connectivity index (χ1v) is 12.0. The lowest BCUT2D eigenvalue weighted by atomic mass is 9.77. The van der Waals surface area contributed by atoms with Gasteiger partial charge in [0.25, 0.3) is 5.91 Å². The first-order chi connectivity index (χ1) is 15.0. The van der Waals surface area contributed by atoms with Gasteiger partial charge in [-0.15, -0.1) is 0 Å². The van der Waals surface area contributed by atoms with E-state index >= 15 is 0 Å². The van der Waals surface area contributed by atoms with Gasteiger partial charge in [-0.2, -0.15) is 0 Å². The summed E-state index contributed by atoms with van der Waals surface area (Å²) in [6, 6.07) is 5.52. The number of amides is 1. The van der Waals surface area contributed by atoms with Crippen molar-refractivity contribution in [3.05, 3.63) is 46.9 Å². The zero-order valence-electron chi connectivity index (χ0n) is 18.6. The Hall–Kier alpha value is -3.01. The third kappa shape index (κ3) is 3.52. The van der Waals surface area contributed by atoms with Gasteiger partial charge in [-0.1, -0.05) is 6.07 Å². The molecule has 4 rings (SSSR count). The fourth-order valence-corrected chi connectivity index (χ4v) is 6.02. The number of sulfone groups is 1. The summed E-state index contributed by atoms with van der Waals surface area (Å²) in [5, 5.41) is 2.85. The number of rotatable bonds is 3. The van der Waals surface area contributed by atoms with Crippen molar-refractivity contribution in [2.45, 2.75) is 50.3 Å². The molecule has 0 fully saturated rings. The summed E-state index contributed by atoms with van der Waals surface area (Å²) in [6.45, 7) is 4.86. The number of aliphatic imine (C=N–C) groups is 1. The molecular formula is C22H27N5O4S. The SMILES string of the molecule is COc1cnc(C(=O)Nc2ccc3c(c2)[C@]2(CCC3)CS(=O)(=O)C(C)(C)C(N)=N2)c(C)n1. The van der Waals surface area contributed by atoms with Gasteiger partial charge >= 0.3 is 0 Å². The van der Waals surface area contributed by atoms with Crippen LogP contribution in [0.1, 0.15) is 54.0 Å². The zero-order chi connectivity index (χ0) is 23.3. The molecule has 0 radical (unpaired) electrons. The summed E-state index contributed by atoms with van der Waals surface area (Å²) in [4.78, 5) is 25.9. The van der Waals surface area contributed by atoms with E-state index in [1.54, 1.807) is 26.8 Å². The molecule has 0 saturated heterocycles. The molecule has 1 atom stereocenters. The highest BCUT2D eigenvalue weighted by molar-refractivity contribution is 7.93. The summed E-state index contributed by atoms with van der Waals surface area (Å²) in [6.07, 6.45) is 3.59. The smallest absolute Gasteiger partial charge is 0.276 e. The molecule has 1 spiro atoms. The summed E-state index contributed by atoms with van der Waals surface area (Å²) >= 11 is 0. The monoisotopic (exact) mass is 457 g/mol. The van der Waals surface area contributed by atoms with Crippen LogP contribution in [-0.2, 0) is 21.8 Å². The number of ether oxygens (including phenoxy) is 1. The highest BCUT2D eigenvalue weighted by atomic mass is 32.2. The standard InChI is InChI=1S/C22H27N5O4S/c1-13-18(24-11-17(25-13)31-4)19(28)26-15-8-7-14-6-5-9-22(16(14)10-15)12-32(29,30)21(2,3)20(23)27-22/h7-8,10-11H,5-6,9,12H2,1-4H3,(H2,23,27)(H,26,28)/t22-/m0/s1. The van der Waals surface area contributed by atoms with Crippen molar-refractivity contribution in [2.75, 3.05) is 18.2 Å². The molecular weight excluding hydrogens is 430 g/mol. The van der Waals surface area contributed by atoms with E-state index in [2.05, 4.69) is 15.3 Å². The summed E-state index contributed by atoms with van der Waals surface area (Å²) in [7, 11) is -2.05. The largest absolute Gasteiger partial charge is 0.480 e. The molecule has 3 N–H and O–H groups in total. The van der Waals surface area contributed by atoms with Gasteiger partial charge in [0.05, 0.1) is 24.8 Å². The van der Waals surface area contributed by atoms with Crippen LogP contribution in [-0.4, -0.2) is 47.7 Å². The van der Waals surface area contributed by atoms with Crippen molar-refractivity contribution >= 4 is 27.3 Å². The topological polar surface area (TPSA) is 137 Å². The predicted molar refractivity (Wildman–Crippen MR) is 122 cm³/mol. The number of nitrogens with one attached hydrogen (secondary N) is 1. The zero-order valence-corrected chi connectivity index (χ0v) is 19.4. The maximum Gasteiger partial charge on any atom is 0.276 e. The summed E-state index contributed by atoms with van der Waals surface area (Å²) in [5.41, 5.74) is 8.18. The first-order valence-electron chi connectivity index (χ1n) is 10.4. The molecule has 1 aromatic heterocycles. The van der Waals surface area contributed by atoms with Crippen molar-refractivity contribution < 1.29 is 17.9 Å². The van der Waals surface area contributed by atoms with E-state index < -0.39 is 26.0 Å². The Bertz CT molecular complexity index is 1240. The molecule has 0 saturated carbocycles. The number of hydrogen-bond acceptors (Lipinski definition) is 8. The fourth-order valence-electron chi connectivity index (χ4n) is 4.30. The van der Waals surface area contributed by atoms with Gasteiger partial charge in [0, 0.05) is 5.69 Å². The van der Waals surface area contributed by atoms with Crippen molar-refractivity contribution in [1.29, 1.82) is 0 Å². The lowest BCUT2D eigenvalue weighted by Crippen LogP contribution is -2.56. The van der Waals surface area contributed by atoms with Crippen molar-refractivity contribution in [3.8, 4) is 5.88 Å². The van der Waals surface area contributed by atoms with E-state index in [1.165, 1.54) is 13.3 Å². The Kier molecular flexibility index (Phi) is 5.23. The van der Waals surface area contributed by atoms with Gasteiger partial charge in [0.1, 0.15) is 21.8 Å². The molecule has 1 aromatic carbocycles. The molecule has 2 aliphatic rings. The molecule has 32 heavy (non-hydrogen) atoms. The molecule has 0 bridgehead atoms. The molecule has 9 nitrogen and oxygen atoms in total. The van der Waals surface area contributed by atoms with E-state index in [0.717, 1.165) is 24.0 Å². The number of carbonyl (C=O) groups excluding carboxylic acids is 1. The molecule has 10 heteroatoms. The molecule has 1 amide bonds. The maximum atomic E-state index is 13.1.